The van der Waals surface area contributed by atoms with Crippen LogP contribution in [-0.2, 0) is 4.79 Å². The number of hydrogen-bond acceptors (Lipinski definition) is 1. The van der Waals surface area contributed by atoms with Gasteiger partial charge in [0.15, 0.2) is 0 Å². The number of carboxylic acid groups (broad SMARTS) is 1. The molecule has 0 bridgehead atoms. The molecule has 0 fully saturated rings. The van der Waals surface area contributed by atoms with Crippen LogP contribution >= 0.6 is 22.6 Å². The molecule has 1 N–H and O–H groups in total. The molecule has 0 rings (SSSR count). The number of halogens is 1. The molecule has 1 unspecified atom stereocenters. The van der Waals surface area contributed by atoms with E-state index >= 15 is 0 Å². The Balaban J connectivity index is 3.14. The molecule has 0 saturated carbocycles. The number of carbonyl (C=O) groups is 1. The lowest BCUT2D eigenvalue weighted by Gasteiger charge is -2.03. The summed E-state index contributed by atoms with van der Waals surface area (Å²) < 4.78 is -0.191. The average Bonchev–Trinajstić information content (AvgIpc) is 2.03. The van der Waals surface area contributed by atoms with Crippen molar-refractivity contribution in [2.24, 2.45) is 0 Å². The van der Waals surface area contributed by atoms with Crippen molar-refractivity contribution in [1.82, 2.24) is 0 Å². The van der Waals surface area contributed by atoms with Crippen molar-refractivity contribution in [2.75, 3.05) is 0 Å². The van der Waals surface area contributed by atoms with E-state index in [1.54, 1.807) is 0 Å². The first-order valence-electron chi connectivity index (χ1n) is 4.55. The van der Waals surface area contributed by atoms with Crippen LogP contribution in [0, 0.1) is 0 Å². The van der Waals surface area contributed by atoms with Crippen LogP contribution in [0.5, 0.6) is 0 Å². The van der Waals surface area contributed by atoms with Crippen LogP contribution in [0.4, 0.5) is 0 Å². The van der Waals surface area contributed by atoms with E-state index in [1.807, 2.05) is 22.6 Å². The maximum atomic E-state index is 10.4. The smallest absolute Gasteiger partial charge is 0.316 e. The zero-order valence-electron chi connectivity index (χ0n) is 7.55. The second-order valence-corrected chi connectivity index (χ2v) is 4.51. The second kappa shape index (κ2) is 7.83. The van der Waals surface area contributed by atoms with Crippen molar-refractivity contribution in [1.29, 1.82) is 0 Å². The topological polar surface area (TPSA) is 37.3 Å². The Kier molecular flexibility index (Phi) is 7.96. The van der Waals surface area contributed by atoms with Crippen molar-refractivity contribution >= 4 is 28.6 Å². The Morgan fingerprint density at radius 3 is 2.42 bits per heavy atom. The molecule has 0 aliphatic rings. The number of rotatable bonds is 7. The largest absolute Gasteiger partial charge is 0.480 e. The predicted molar refractivity (Wildman–Crippen MR) is 58.8 cm³/mol. The maximum Gasteiger partial charge on any atom is 0.316 e. The van der Waals surface area contributed by atoms with Gasteiger partial charge >= 0.3 is 5.97 Å². The number of carboxylic acids is 1. The van der Waals surface area contributed by atoms with E-state index in [0.717, 1.165) is 12.8 Å². The van der Waals surface area contributed by atoms with Crippen LogP contribution in [0.15, 0.2) is 0 Å². The van der Waals surface area contributed by atoms with Gasteiger partial charge < -0.3 is 5.11 Å². The fourth-order valence-electron chi connectivity index (χ4n) is 1.05. The number of alkyl halides is 1. The maximum absolute atomic E-state index is 10.4. The molecule has 12 heavy (non-hydrogen) atoms. The van der Waals surface area contributed by atoms with Crippen molar-refractivity contribution in [3.05, 3.63) is 0 Å². The van der Waals surface area contributed by atoms with Crippen LogP contribution < -0.4 is 0 Å². The van der Waals surface area contributed by atoms with Crippen LogP contribution in [0.1, 0.15) is 45.4 Å². The lowest BCUT2D eigenvalue weighted by molar-refractivity contribution is -0.136. The van der Waals surface area contributed by atoms with Gasteiger partial charge in [0.25, 0.3) is 0 Å². The summed E-state index contributed by atoms with van der Waals surface area (Å²) in [6.07, 6.45) is 6.82. The zero-order valence-corrected chi connectivity index (χ0v) is 9.71. The van der Waals surface area contributed by atoms with E-state index in [0.29, 0.717) is 0 Å². The van der Waals surface area contributed by atoms with Crippen LogP contribution in [0.25, 0.3) is 0 Å². The summed E-state index contributed by atoms with van der Waals surface area (Å²) in [6, 6.07) is 0. The van der Waals surface area contributed by atoms with Gasteiger partial charge in [-0.2, -0.15) is 0 Å². The van der Waals surface area contributed by atoms with Gasteiger partial charge in [-0.1, -0.05) is 61.6 Å². The molecule has 0 aliphatic carbocycles. The zero-order chi connectivity index (χ0) is 9.40. The molecule has 0 radical (unpaired) electrons. The van der Waals surface area contributed by atoms with Crippen LogP contribution in [0.3, 0.4) is 0 Å². The molecular weight excluding hydrogens is 267 g/mol. The lowest BCUT2D eigenvalue weighted by Crippen LogP contribution is -2.11. The third kappa shape index (κ3) is 6.88. The number of aliphatic carboxylic acids is 1. The summed E-state index contributed by atoms with van der Waals surface area (Å²) >= 11 is 1.99. The molecule has 1 atom stereocenters. The fraction of sp³-hybridized carbons (Fsp3) is 0.889. The first kappa shape index (κ1) is 12.2. The summed E-state index contributed by atoms with van der Waals surface area (Å²) in [5.74, 6) is -0.675. The summed E-state index contributed by atoms with van der Waals surface area (Å²) in [7, 11) is 0. The molecule has 0 saturated heterocycles. The summed E-state index contributed by atoms with van der Waals surface area (Å²) in [5, 5.41) is 8.58. The Bertz CT molecular complexity index is 126. The normalized spacial score (nSPS) is 12.8. The summed E-state index contributed by atoms with van der Waals surface area (Å²) in [4.78, 5) is 10.4. The summed E-state index contributed by atoms with van der Waals surface area (Å²) in [6.45, 7) is 2.18. The lowest BCUT2D eigenvalue weighted by atomic mass is 10.1. The average molecular weight is 284 g/mol. The van der Waals surface area contributed by atoms with Crippen LogP contribution in [-0.4, -0.2) is 15.0 Å². The highest BCUT2D eigenvalue weighted by molar-refractivity contribution is 14.1. The molecular formula is C9H17IO2. The van der Waals surface area contributed by atoms with Crippen LogP contribution in [0.2, 0.25) is 0 Å². The minimum absolute atomic E-state index is 0.191. The Labute approximate surface area is 87.9 Å². The van der Waals surface area contributed by atoms with E-state index in [4.69, 9.17) is 5.11 Å². The molecule has 0 aliphatic heterocycles. The van der Waals surface area contributed by atoms with Gasteiger partial charge in [0, 0.05) is 0 Å². The minimum Gasteiger partial charge on any atom is -0.480 e. The van der Waals surface area contributed by atoms with Gasteiger partial charge in [-0.3, -0.25) is 4.79 Å². The summed E-state index contributed by atoms with van der Waals surface area (Å²) in [5.41, 5.74) is 0. The first-order valence-corrected chi connectivity index (χ1v) is 5.80. The highest BCUT2D eigenvalue weighted by atomic mass is 127. The molecule has 0 aromatic carbocycles. The van der Waals surface area contributed by atoms with Gasteiger partial charge in [-0.15, -0.1) is 0 Å². The molecule has 0 heterocycles. The Morgan fingerprint density at radius 2 is 1.92 bits per heavy atom. The van der Waals surface area contributed by atoms with Gasteiger partial charge in [0.2, 0.25) is 0 Å². The predicted octanol–water partition coefficient (Wildman–Crippen LogP) is 3.24. The molecule has 0 aromatic rings. The third-order valence-electron chi connectivity index (χ3n) is 1.83. The minimum atomic E-state index is -0.675. The third-order valence-corrected chi connectivity index (χ3v) is 2.98. The molecule has 0 spiro atoms. The second-order valence-electron chi connectivity index (χ2n) is 3.01. The number of hydrogen-bond donors (Lipinski definition) is 1. The van der Waals surface area contributed by atoms with Crippen molar-refractivity contribution in [3.8, 4) is 0 Å². The Morgan fingerprint density at radius 1 is 1.33 bits per heavy atom. The molecule has 72 valence electrons. The highest BCUT2D eigenvalue weighted by Gasteiger charge is 2.11. The highest BCUT2D eigenvalue weighted by Crippen LogP contribution is 2.12. The fourth-order valence-corrected chi connectivity index (χ4v) is 1.49. The van der Waals surface area contributed by atoms with E-state index in [-0.39, 0.29) is 3.92 Å². The monoisotopic (exact) mass is 284 g/mol. The Hall–Kier alpha value is 0.200. The van der Waals surface area contributed by atoms with Gasteiger partial charge in [0.05, 0.1) is 0 Å². The van der Waals surface area contributed by atoms with Crippen molar-refractivity contribution in [3.63, 3.8) is 0 Å². The van der Waals surface area contributed by atoms with Crippen molar-refractivity contribution < 1.29 is 9.90 Å². The SMILES string of the molecule is CCCCCCCC(I)C(=O)O. The van der Waals surface area contributed by atoms with Crippen molar-refractivity contribution in [2.45, 2.75) is 49.4 Å². The van der Waals surface area contributed by atoms with E-state index in [9.17, 15) is 4.79 Å². The number of unbranched alkanes of at least 4 members (excludes halogenated alkanes) is 4. The van der Waals surface area contributed by atoms with E-state index < -0.39 is 5.97 Å². The molecule has 2 nitrogen and oxygen atoms in total. The van der Waals surface area contributed by atoms with Gasteiger partial charge in [0.1, 0.15) is 3.92 Å². The van der Waals surface area contributed by atoms with Gasteiger partial charge in [-0.05, 0) is 6.42 Å². The van der Waals surface area contributed by atoms with E-state index in [1.165, 1.54) is 25.7 Å². The molecule has 3 heteroatoms. The molecule has 0 aromatic heterocycles. The first-order chi connectivity index (χ1) is 5.68. The molecule has 0 amide bonds. The van der Waals surface area contributed by atoms with Gasteiger partial charge in [-0.25, -0.2) is 0 Å². The quantitative estimate of drug-likeness (QED) is 0.442. The standard InChI is InChI=1S/C9H17IO2/c1-2-3-4-5-6-7-8(10)9(11)12/h8H,2-7H2,1H3,(H,11,12). The van der Waals surface area contributed by atoms with E-state index in [2.05, 4.69) is 6.92 Å².